The van der Waals surface area contributed by atoms with Gasteiger partial charge < -0.3 is 16.8 Å². The summed E-state index contributed by atoms with van der Waals surface area (Å²) in [7, 11) is 0. The van der Waals surface area contributed by atoms with Crippen LogP contribution in [0.1, 0.15) is 169 Å². The van der Waals surface area contributed by atoms with Crippen LogP contribution in [0.4, 0.5) is 0 Å². The highest BCUT2D eigenvalue weighted by Crippen LogP contribution is 2.60. The number of likely N-dealkylation sites (tertiary alicyclic amines) is 1. The number of fused-ring (bicyclic) bond motifs is 5. The fourth-order valence-electron chi connectivity index (χ4n) is 14.8. The summed E-state index contributed by atoms with van der Waals surface area (Å²) in [6.07, 6.45) is 37.9. The molecular formula is C48H81N5. The number of nitrogens with one attached hydrogen (secondary N) is 2. The van der Waals surface area contributed by atoms with Crippen molar-refractivity contribution in [3.8, 4) is 0 Å². The van der Waals surface area contributed by atoms with Crippen molar-refractivity contribution in [2.75, 3.05) is 6.54 Å². The quantitative estimate of drug-likeness (QED) is 0.133. The molecule has 8 rings (SSSR count). The summed E-state index contributed by atoms with van der Waals surface area (Å²) in [6.45, 7) is 11.6. The molecule has 0 radical (unpaired) electrons. The monoisotopic (exact) mass is 728 g/mol. The summed E-state index contributed by atoms with van der Waals surface area (Å²) < 4.78 is 0. The van der Waals surface area contributed by atoms with E-state index in [9.17, 15) is 0 Å². The van der Waals surface area contributed by atoms with Gasteiger partial charge in [-0.15, -0.1) is 0 Å². The van der Waals surface area contributed by atoms with Crippen molar-refractivity contribution in [1.82, 2.24) is 15.5 Å². The predicted octanol–water partition coefficient (Wildman–Crippen LogP) is 10.2. The van der Waals surface area contributed by atoms with Crippen LogP contribution in [0.3, 0.4) is 0 Å². The zero-order valence-corrected chi connectivity index (χ0v) is 34.7. The van der Waals surface area contributed by atoms with Crippen LogP contribution in [0.25, 0.3) is 0 Å². The van der Waals surface area contributed by atoms with E-state index in [1.165, 1.54) is 147 Å². The lowest BCUT2D eigenvalue weighted by atomic mass is 9.54. The van der Waals surface area contributed by atoms with Gasteiger partial charge in [0.15, 0.2) is 0 Å². The molecule has 5 nitrogen and oxygen atoms in total. The smallest absolute Gasteiger partial charge is 0.0780 e. The van der Waals surface area contributed by atoms with Crippen molar-refractivity contribution in [3.05, 3.63) is 34.9 Å². The van der Waals surface area contributed by atoms with Gasteiger partial charge in [-0.3, -0.25) is 10.2 Å². The van der Waals surface area contributed by atoms with Gasteiger partial charge in [0, 0.05) is 12.1 Å². The van der Waals surface area contributed by atoms with Crippen molar-refractivity contribution >= 4 is 0 Å². The normalized spacial score (nSPS) is 43.8. The second-order valence-electron chi connectivity index (χ2n) is 20.5. The maximum atomic E-state index is 7.60. The third-order valence-corrected chi connectivity index (χ3v) is 17.9. The van der Waals surface area contributed by atoms with Crippen LogP contribution in [0.5, 0.6) is 0 Å². The van der Waals surface area contributed by atoms with Gasteiger partial charge in [-0.1, -0.05) is 102 Å². The van der Waals surface area contributed by atoms with Crippen molar-refractivity contribution in [2.45, 2.75) is 200 Å². The molecule has 0 bridgehead atoms. The molecule has 0 aromatic heterocycles. The molecule has 0 amide bonds. The molecule has 12 unspecified atom stereocenters. The first-order chi connectivity index (χ1) is 25.8. The molecule has 3 saturated carbocycles. The lowest BCUT2D eigenvalue weighted by Crippen LogP contribution is -2.58. The van der Waals surface area contributed by atoms with Crippen LogP contribution in [0, 0.1) is 58.7 Å². The molecule has 0 aromatic carbocycles. The van der Waals surface area contributed by atoms with Crippen LogP contribution in [-0.2, 0) is 0 Å². The average Bonchev–Trinajstić information content (AvgIpc) is 3.50. The highest BCUT2D eigenvalue weighted by Gasteiger charge is 2.59. The molecule has 0 spiro atoms. The molecule has 8 aliphatic rings. The van der Waals surface area contributed by atoms with E-state index < -0.39 is 0 Å². The van der Waals surface area contributed by atoms with Crippen LogP contribution in [0.15, 0.2) is 34.9 Å². The fraction of sp³-hybridized carbons (Fsp3) is 0.875. The zero-order valence-electron chi connectivity index (χ0n) is 34.7. The van der Waals surface area contributed by atoms with E-state index in [-0.39, 0.29) is 12.3 Å². The first-order valence-corrected chi connectivity index (χ1v) is 23.7. The van der Waals surface area contributed by atoms with E-state index >= 15 is 0 Å². The maximum Gasteiger partial charge on any atom is 0.0780 e. The fourth-order valence-corrected chi connectivity index (χ4v) is 14.8. The summed E-state index contributed by atoms with van der Waals surface area (Å²) >= 11 is 0. The number of rotatable bonds is 10. The Bertz CT molecular complexity index is 1330. The van der Waals surface area contributed by atoms with Crippen molar-refractivity contribution in [3.63, 3.8) is 0 Å². The first kappa shape index (κ1) is 38.9. The molecule has 298 valence electrons. The minimum Gasteiger partial charge on any atom is -0.315 e. The van der Waals surface area contributed by atoms with E-state index in [0.29, 0.717) is 41.4 Å². The molecule has 6 N–H and O–H groups in total. The molecule has 0 aromatic rings. The van der Waals surface area contributed by atoms with Crippen molar-refractivity contribution in [2.24, 2.45) is 70.1 Å². The molecule has 1 aliphatic heterocycles. The van der Waals surface area contributed by atoms with Gasteiger partial charge >= 0.3 is 0 Å². The van der Waals surface area contributed by atoms with Gasteiger partial charge in [0.25, 0.3) is 0 Å². The van der Waals surface area contributed by atoms with E-state index in [1.807, 2.05) is 11.1 Å². The van der Waals surface area contributed by atoms with E-state index in [2.05, 4.69) is 61.5 Å². The van der Waals surface area contributed by atoms with Crippen molar-refractivity contribution < 1.29 is 0 Å². The minimum absolute atomic E-state index is 0.00273. The zero-order chi connectivity index (χ0) is 36.7. The van der Waals surface area contributed by atoms with Crippen LogP contribution in [0.2, 0.25) is 0 Å². The van der Waals surface area contributed by atoms with Gasteiger partial charge in [-0.25, -0.2) is 0 Å². The van der Waals surface area contributed by atoms with Crippen molar-refractivity contribution in [1.29, 1.82) is 0 Å². The lowest BCUT2D eigenvalue weighted by molar-refractivity contribution is -0.0293. The van der Waals surface area contributed by atoms with Gasteiger partial charge in [-0.05, 0) is 167 Å². The second kappa shape index (κ2) is 16.9. The second-order valence-corrected chi connectivity index (χ2v) is 20.5. The maximum absolute atomic E-state index is 7.60. The standard InChI is InChI=1S/C48H81N5/c1-5-36-43-39-23-14-12-21-37(39)38-22-13-15-24-40(38)44(43)53(46(36)50)42-25-16-28-48(4,32(42)3)41-29-33(27-26-31(41)2)30-51-47(35-19-10-7-11-20-35)52-45(49)34-17-8-6-9-18-34/h16-17,25,31-33,35-37,39,41-47,51-52H,5-15,18-24,26-30,49-50H2,1-4H3/t31-,32?,33-,36?,37?,39?,41?,42?,43?,44?,45?,46?,47?,48?/m1/s1. The Kier molecular flexibility index (Phi) is 12.4. The summed E-state index contributed by atoms with van der Waals surface area (Å²) in [5.41, 5.74) is 20.1. The highest BCUT2D eigenvalue weighted by atomic mass is 15.3. The summed E-state index contributed by atoms with van der Waals surface area (Å²) in [5, 5.41) is 8.15. The molecule has 7 aliphatic carbocycles. The van der Waals surface area contributed by atoms with E-state index in [4.69, 9.17) is 11.5 Å². The van der Waals surface area contributed by atoms with Gasteiger partial charge in [0.05, 0.1) is 18.5 Å². The summed E-state index contributed by atoms with van der Waals surface area (Å²) in [4.78, 5) is 2.99. The van der Waals surface area contributed by atoms with Crippen LogP contribution in [-0.4, -0.2) is 42.0 Å². The SMILES string of the molecule is CCC1C2C3CCCCC3C3=C(CCCC3)C2N(C2C=CCC(C)(C3C[C@H](CNC(NC(N)C4=CCCCC4)C4CCCCC4)CC[C@H]3C)C2C)C1N. The Morgan fingerprint density at radius 2 is 1.64 bits per heavy atom. The Balaban J connectivity index is 1.00. The molecule has 5 heteroatoms. The molecular weight excluding hydrogens is 647 g/mol. The number of nitrogens with zero attached hydrogens (tertiary/aromatic N) is 1. The number of allylic oxidation sites excluding steroid dienone is 3. The lowest BCUT2D eigenvalue weighted by Gasteiger charge is -2.55. The Labute approximate surface area is 325 Å². The minimum atomic E-state index is -0.00273. The predicted molar refractivity (Wildman–Crippen MR) is 223 cm³/mol. The third-order valence-electron chi connectivity index (χ3n) is 17.9. The largest absolute Gasteiger partial charge is 0.315 e. The Hall–Kier alpha value is -0.980. The highest BCUT2D eigenvalue weighted by molar-refractivity contribution is 5.34. The van der Waals surface area contributed by atoms with Gasteiger partial charge in [-0.2, -0.15) is 0 Å². The van der Waals surface area contributed by atoms with E-state index in [1.54, 1.807) is 0 Å². The Morgan fingerprint density at radius 3 is 2.42 bits per heavy atom. The number of nitrogens with two attached hydrogens (primary N) is 2. The van der Waals surface area contributed by atoms with E-state index in [0.717, 1.165) is 42.1 Å². The molecule has 1 saturated heterocycles. The molecule has 1 heterocycles. The molecule has 4 fully saturated rings. The number of hydrogen-bond donors (Lipinski definition) is 4. The Morgan fingerprint density at radius 1 is 0.887 bits per heavy atom. The summed E-state index contributed by atoms with van der Waals surface area (Å²) in [5.74, 6) is 6.70. The van der Waals surface area contributed by atoms with Gasteiger partial charge in [0.2, 0.25) is 0 Å². The van der Waals surface area contributed by atoms with Crippen LogP contribution >= 0.6 is 0 Å². The molecule has 14 atom stereocenters. The van der Waals surface area contributed by atoms with Crippen LogP contribution < -0.4 is 22.1 Å². The molecule has 53 heavy (non-hydrogen) atoms. The first-order valence-electron chi connectivity index (χ1n) is 23.7. The van der Waals surface area contributed by atoms with Gasteiger partial charge in [0.1, 0.15) is 0 Å². The number of hydrogen-bond acceptors (Lipinski definition) is 5. The topological polar surface area (TPSA) is 79.3 Å². The average molecular weight is 728 g/mol. The summed E-state index contributed by atoms with van der Waals surface area (Å²) in [6, 6.07) is 1.04. The third kappa shape index (κ3) is 7.48.